The zero-order chi connectivity index (χ0) is 18.6. The molecule has 0 saturated carbocycles. The topological polar surface area (TPSA) is 69.6 Å². The molecule has 0 aromatic rings. The molecule has 0 saturated heterocycles. The summed E-state index contributed by atoms with van der Waals surface area (Å²) in [6.07, 6.45) is 21.8. The first-order chi connectivity index (χ1) is 12.1. The van der Waals surface area contributed by atoms with E-state index in [1.807, 2.05) is 0 Å². The summed E-state index contributed by atoms with van der Waals surface area (Å²) in [5, 5.41) is 3.10. The second-order valence-electron chi connectivity index (χ2n) is 7.44. The smallest absolute Gasteiger partial charge is 0.324 e. The number of nitrogens with one attached hydrogen (secondary N) is 1. The van der Waals surface area contributed by atoms with E-state index in [-0.39, 0.29) is 6.16 Å². The second kappa shape index (κ2) is 18.9. The van der Waals surface area contributed by atoms with Gasteiger partial charge >= 0.3 is 7.60 Å². The molecule has 3 N–H and O–H groups in total. The molecular weight excluding hydrogens is 333 g/mol. The quantitative estimate of drug-likeness (QED) is 0.179. The minimum Gasteiger partial charge on any atom is -0.324 e. The third-order valence-electron chi connectivity index (χ3n) is 4.79. The highest BCUT2D eigenvalue weighted by Crippen LogP contribution is 2.32. The average Bonchev–Trinajstić information content (AvgIpc) is 2.56. The Morgan fingerprint density at radius 3 is 1.32 bits per heavy atom. The van der Waals surface area contributed by atoms with Gasteiger partial charge in [-0.2, -0.15) is 0 Å². The van der Waals surface area contributed by atoms with Crippen LogP contribution in [0.25, 0.3) is 0 Å². The molecule has 4 nitrogen and oxygen atoms in total. The van der Waals surface area contributed by atoms with Crippen molar-refractivity contribution in [3.8, 4) is 0 Å². The number of hydrogen-bond acceptors (Lipinski definition) is 2. The molecule has 0 aromatic heterocycles. The Balaban J connectivity index is 3.02. The van der Waals surface area contributed by atoms with Gasteiger partial charge in [-0.15, -0.1) is 0 Å². The lowest BCUT2D eigenvalue weighted by molar-refractivity contribution is 0.371. The molecule has 0 amide bonds. The van der Waals surface area contributed by atoms with E-state index in [2.05, 4.69) is 12.2 Å². The van der Waals surface area contributed by atoms with Gasteiger partial charge < -0.3 is 15.1 Å². The molecule has 0 aliphatic heterocycles. The lowest BCUT2D eigenvalue weighted by Gasteiger charge is -2.06. The van der Waals surface area contributed by atoms with Crippen molar-refractivity contribution in [3.05, 3.63) is 0 Å². The highest BCUT2D eigenvalue weighted by Gasteiger charge is 2.10. The first-order valence-corrected chi connectivity index (χ1v) is 12.6. The molecule has 5 heteroatoms. The Morgan fingerprint density at radius 2 is 0.960 bits per heavy atom. The molecule has 0 fully saturated rings. The van der Waals surface area contributed by atoms with Crippen LogP contribution in [0.3, 0.4) is 0 Å². The van der Waals surface area contributed by atoms with Gasteiger partial charge in [0.25, 0.3) is 0 Å². The van der Waals surface area contributed by atoms with Gasteiger partial charge in [-0.3, -0.25) is 4.57 Å². The van der Waals surface area contributed by atoms with Crippen LogP contribution in [0.15, 0.2) is 0 Å². The van der Waals surface area contributed by atoms with Crippen LogP contribution in [-0.2, 0) is 4.57 Å². The SMILES string of the molecule is CCCCCCCCCCCCCCCCCCNCCP(=O)(O)O. The summed E-state index contributed by atoms with van der Waals surface area (Å²) in [5.41, 5.74) is 0. The van der Waals surface area contributed by atoms with Crippen LogP contribution in [0, 0.1) is 0 Å². The van der Waals surface area contributed by atoms with Crippen molar-refractivity contribution in [1.29, 1.82) is 0 Å². The molecule has 0 heterocycles. The Hall–Kier alpha value is 0.110. The first-order valence-electron chi connectivity index (χ1n) is 10.8. The third kappa shape index (κ3) is 24.1. The molecular formula is C20H44NO3P. The zero-order valence-electron chi connectivity index (χ0n) is 16.7. The molecule has 0 bridgehead atoms. The fourth-order valence-corrected chi connectivity index (χ4v) is 3.60. The lowest BCUT2D eigenvalue weighted by atomic mass is 10.0. The summed E-state index contributed by atoms with van der Waals surface area (Å²) in [6.45, 7) is 3.57. The largest absolute Gasteiger partial charge is 0.326 e. The molecule has 0 rings (SSSR count). The molecule has 0 aromatic carbocycles. The molecule has 0 radical (unpaired) electrons. The normalized spacial score (nSPS) is 12.0. The van der Waals surface area contributed by atoms with Crippen LogP contribution in [0.2, 0.25) is 0 Å². The minimum absolute atomic E-state index is 0.0497. The standard InChI is InChI=1S/C20H44NO3P/c1-2-3-4-5-6-7-8-9-10-11-12-13-14-15-16-17-18-21-19-20-25(22,23)24/h21H,2-20H2,1H3,(H2,22,23,24). The summed E-state index contributed by atoms with van der Waals surface area (Å²) < 4.78 is 10.7. The highest BCUT2D eigenvalue weighted by molar-refractivity contribution is 7.51. The van der Waals surface area contributed by atoms with Crippen LogP contribution in [0.1, 0.15) is 110 Å². The van der Waals surface area contributed by atoms with E-state index in [9.17, 15) is 4.57 Å². The first kappa shape index (κ1) is 25.1. The van der Waals surface area contributed by atoms with Gasteiger partial charge in [0.15, 0.2) is 0 Å². The van der Waals surface area contributed by atoms with Crippen LogP contribution in [0.4, 0.5) is 0 Å². The van der Waals surface area contributed by atoms with Crippen molar-refractivity contribution in [2.45, 2.75) is 110 Å². The van der Waals surface area contributed by atoms with Crippen molar-refractivity contribution in [2.75, 3.05) is 19.3 Å². The summed E-state index contributed by atoms with van der Waals surface area (Å²) in [6, 6.07) is 0. The maximum Gasteiger partial charge on any atom is 0.326 e. The van der Waals surface area contributed by atoms with Gasteiger partial charge in [-0.25, -0.2) is 0 Å². The van der Waals surface area contributed by atoms with E-state index in [0.717, 1.165) is 13.0 Å². The minimum atomic E-state index is -3.82. The maximum absolute atomic E-state index is 10.7. The van der Waals surface area contributed by atoms with E-state index < -0.39 is 7.60 Å². The summed E-state index contributed by atoms with van der Waals surface area (Å²) >= 11 is 0. The second-order valence-corrected chi connectivity index (χ2v) is 9.22. The molecule has 0 spiro atoms. The Morgan fingerprint density at radius 1 is 0.600 bits per heavy atom. The molecule has 0 aliphatic rings. The van der Waals surface area contributed by atoms with Gasteiger partial charge in [-0.05, 0) is 13.0 Å². The van der Waals surface area contributed by atoms with Gasteiger partial charge in [-0.1, -0.05) is 103 Å². The number of rotatable bonds is 20. The van der Waals surface area contributed by atoms with Crippen molar-refractivity contribution in [1.82, 2.24) is 5.32 Å². The molecule has 0 atom stereocenters. The fourth-order valence-electron chi connectivity index (χ4n) is 3.15. The van der Waals surface area contributed by atoms with E-state index in [4.69, 9.17) is 9.79 Å². The molecule has 152 valence electrons. The number of unbranched alkanes of at least 4 members (excludes halogenated alkanes) is 15. The summed E-state index contributed by atoms with van der Waals surface area (Å²) in [7, 11) is -3.82. The van der Waals surface area contributed by atoms with E-state index >= 15 is 0 Å². The Kier molecular flexibility index (Phi) is 19.0. The predicted molar refractivity (Wildman–Crippen MR) is 109 cm³/mol. The van der Waals surface area contributed by atoms with E-state index in [1.54, 1.807) is 0 Å². The maximum atomic E-state index is 10.7. The van der Waals surface area contributed by atoms with Crippen LogP contribution >= 0.6 is 7.60 Å². The molecule has 0 aliphatic carbocycles. The van der Waals surface area contributed by atoms with Crippen molar-refractivity contribution < 1.29 is 14.4 Å². The van der Waals surface area contributed by atoms with Gasteiger partial charge in [0, 0.05) is 6.54 Å². The van der Waals surface area contributed by atoms with Crippen molar-refractivity contribution >= 4 is 7.60 Å². The van der Waals surface area contributed by atoms with Crippen LogP contribution in [0.5, 0.6) is 0 Å². The average molecular weight is 378 g/mol. The summed E-state index contributed by atoms with van der Waals surface area (Å²) in [5.74, 6) is 0. The van der Waals surface area contributed by atoms with Gasteiger partial charge in [0.2, 0.25) is 0 Å². The van der Waals surface area contributed by atoms with Gasteiger partial charge in [0.05, 0.1) is 6.16 Å². The van der Waals surface area contributed by atoms with E-state index in [1.165, 1.54) is 96.3 Å². The molecule has 25 heavy (non-hydrogen) atoms. The monoisotopic (exact) mass is 377 g/mol. The predicted octanol–water partition coefficient (Wildman–Crippen LogP) is 6.02. The van der Waals surface area contributed by atoms with Crippen molar-refractivity contribution in [2.24, 2.45) is 0 Å². The third-order valence-corrected chi connectivity index (χ3v) is 5.59. The van der Waals surface area contributed by atoms with Crippen LogP contribution < -0.4 is 5.32 Å². The highest BCUT2D eigenvalue weighted by atomic mass is 31.2. The fraction of sp³-hybridized carbons (Fsp3) is 1.00. The Bertz CT molecular complexity index is 307. The lowest BCUT2D eigenvalue weighted by Crippen LogP contribution is -2.19. The van der Waals surface area contributed by atoms with Crippen LogP contribution in [-0.4, -0.2) is 29.0 Å². The summed E-state index contributed by atoms with van der Waals surface area (Å²) in [4.78, 5) is 17.5. The zero-order valence-corrected chi connectivity index (χ0v) is 17.6. The van der Waals surface area contributed by atoms with Crippen molar-refractivity contribution in [3.63, 3.8) is 0 Å². The van der Waals surface area contributed by atoms with Gasteiger partial charge in [0.1, 0.15) is 0 Å². The van der Waals surface area contributed by atoms with E-state index in [0.29, 0.717) is 6.54 Å². The Labute approximate surface area is 156 Å². The number of hydrogen-bond donors (Lipinski definition) is 3. The molecule has 0 unspecified atom stereocenters.